The third-order valence-electron chi connectivity index (χ3n) is 0.347. The van der Waals surface area contributed by atoms with Crippen molar-refractivity contribution < 1.29 is 12.4 Å². The lowest BCUT2D eigenvalue weighted by atomic mass is 11.1. The second-order valence-electron chi connectivity index (χ2n) is 0.676. The molecule has 0 unspecified atom stereocenters. The van der Waals surface area contributed by atoms with Gasteiger partial charge in [-0.3, -0.25) is 0 Å². The van der Waals surface area contributed by atoms with Crippen molar-refractivity contribution in [3.05, 3.63) is 11.6 Å². The van der Waals surface area contributed by atoms with Gasteiger partial charge in [-0.2, -0.15) is 0 Å². The molecule has 0 aromatic carbocycles. The van der Waals surface area contributed by atoms with Crippen molar-refractivity contribution in [3.8, 4) is 0 Å². The van der Waals surface area contributed by atoms with E-state index in [9.17, 15) is 0 Å². The van der Waals surface area contributed by atoms with Gasteiger partial charge in [0, 0.05) is 0 Å². The Hall–Kier alpha value is 0.0500. The molecule has 0 fully saturated rings. The molecule has 33 valence electrons. The smallest absolute Gasteiger partial charge is 0.280 e. The highest BCUT2D eigenvalue weighted by molar-refractivity contribution is 8.14. The van der Waals surface area contributed by atoms with Gasteiger partial charge < -0.3 is 12.4 Å². The van der Waals surface area contributed by atoms with E-state index >= 15 is 0 Å². The molecule has 0 saturated carbocycles. The van der Waals surface area contributed by atoms with Gasteiger partial charge in [-0.15, -0.1) is 0 Å². The van der Waals surface area contributed by atoms with Crippen LogP contribution in [0, 0.1) is 0 Å². The van der Waals surface area contributed by atoms with Gasteiger partial charge in [-0.1, -0.05) is 0 Å². The third-order valence-corrected chi connectivity index (χ3v) is 0.869. The largest absolute Gasteiger partial charge is 1.00 e. The van der Waals surface area contributed by atoms with Gasteiger partial charge in [-0.25, -0.2) is 0 Å². The SMILES string of the molecule is C1=CSC=[N+]1.[Cl-]. The van der Waals surface area contributed by atoms with E-state index in [1.807, 2.05) is 5.41 Å². The maximum absolute atomic E-state index is 3.74. The second kappa shape index (κ2) is 3.25. The Morgan fingerprint density at radius 3 is 2.50 bits per heavy atom. The van der Waals surface area contributed by atoms with Gasteiger partial charge in [0.25, 0.3) is 5.55 Å². The summed E-state index contributed by atoms with van der Waals surface area (Å²) in [4.78, 5) is 3.74. The van der Waals surface area contributed by atoms with Crippen molar-refractivity contribution >= 4 is 17.3 Å². The standard InChI is InChI=1S/C3H3NS.ClH/c1-2-5-3-4-1;/h1-3H;1H/q+1;/p-1. The lowest BCUT2D eigenvalue weighted by Gasteiger charge is -1.44. The number of hydrogen-bond donors (Lipinski definition) is 0. The molecule has 1 rings (SSSR count). The summed E-state index contributed by atoms with van der Waals surface area (Å²) in [5, 5.41) is 1.93. The fraction of sp³-hybridized carbons (Fsp3) is 0. The van der Waals surface area contributed by atoms with Crippen molar-refractivity contribution in [1.82, 2.24) is 4.99 Å². The quantitative estimate of drug-likeness (QED) is 0.347. The molecule has 6 heavy (non-hydrogen) atoms. The van der Waals surface area contributed by atoms with Gasteiger partial charge in [0.15, 0.2) is 0 Å². The fourth-order valence-electron chi connectivity index (χ4n) is 0.176. The van der Waals surface area contributed by atoms with E-state index in [2.05, 4.69) is 4.99 Å². The van der Waals surface area contributed by atoms with Crippen LogP contribution in [-0.2, 0) is 0 Å². The van der Waals surface area contributed by atoms with Crippen molar-refractivity contribution in [1.29, 1.82) is 0 Å². The van der Waals surface area contributed by atoms with Crippen molar-refractivity contribution in [3.63, 3.8) is 0 Å². The molecule has 1 radical (unpaired) electrons. The molecule has 0 aromatic heterocycles. The minimum Gasteiger partial charge on any atom is -1.00 e. The number of rotatable bonds is 0. The molecule has 0 spiro atoms. The van der Waals surface area contributed by atoms with Crippen LogP contribution >= 0.6 is 11.8 Å². The van der Waals surface area contributed by atoms with Crippen molar-refractivity contribution in [2.24, 2.45) is 0 Å². The zero-order valence-electron chi connectivity index (χ0n) is 2.97. The van der Waals surface area contributed by atoms with E-state index in [1.165, 1.54) is 0 Å². The van der Waals surface area contributed by atoms with Crippen LogP contribution in [-0.4, -0.2) is 5.55 Å². The summed E-state index contributed by atoms with van der Waals surface area (Å²) in [5.41, 5.74) is 1.79. The number of nitrogens with zero attached hydrogens (tertiary/aromatic N) is 1. The summed E-state index contributed by atoms with van der Waals surface area (Å²) < 4.78 is 0. The minimum atomic E-state index is 0. The fourth-order valence-corrected chi connectivity index (χ4v) is 0.527. The molecule has 0 amide bonds. The maximum atomic E-state index is 3.74. The zero-order valence-corrected chi connectivity index (χ0v) is 4.54. The summed E-state index contributed by atoms with van der Waals surface area (Å²) in [6, 6.07) is 0. The monoisotopic (exact) mass is 120 g/mol. The van der Waals surface area contributed by atoms with Crippen LogP contribution in [0.5, 0.6) is 0 Å². The molecule has 0 atom stereocenters. The van der Waals surface area contributed by atoms with Crippen molar-refractivity contribution in [2.75, 3.05) is 0 Å². The number of hydrogen-bond acceptors (Lipinski definition) is 2. The number of thioether (sulfide) groups is 1. The first-order chi connectivity index (χ1) is 2.50. The Bertz CT molecular complexity index is 68.9. The Kier molecular flexibility index (Phi) is 3.28. The van der Waals surface area contributed by atoms with E-state index in [1.54, 1.807) is 23.5 Å². The normalized spacial score (nSPS) is 14.7. The van der Waals surface area contributed by atoms with Gasteiger partial charge >= 0.3 is 0 Å². The molecule has 0 saturated heterocycles. The molecule has 0 bridgehead atoms. The van der Waals surface area contributed by atoms with Crippen LogP contribution < -0.4 is 17.4 Å². The topological polar surface area (TPSA) is 14.1 Å². The summed E-state index contributed by atoms with van der Waals surface area (Å²) in [7, 11) is 0. The summed E-state index contributed by atoms with van der Waals surface area (Å²) in [6.45, 7) is 0. The van der Waals surface area contributed by atoms with Crippen LogP contribution in [0.1, 0.15) is 0 Å². The van der Waals surface area contributed by atoms with Gasteiger partial charge in [0.05, 0.1) is 10.4 Å². The summed E-state index contributed by atoms with van der Waals surface area (Å²) in [5.74, 6) is 0. The number of aliphatic imine (C=N–C) groups is 1. The average molecular weight is 121 g/mol. The molecule has 1 nitrogen and oxygen atoms in total. The van der Waals surface area contributed by atoms with E-state index in [0.29, 0.717) is 0 Å². The Morgan fingerprint density at radius 1 is 1.50 bits per heavy atom. The predicted octanol–water partition coefficient (Wildman–Crippen LogP) is -2.43. The molecule has 3 heteroatoms. The molecular weight excluding hydrogens is 118 g/mol. The second-order valence-corrected chi connectivity index (χ2v) is 1.43. The predicted molar refractivity (Wildman–Crippen MR) is 24.9 cm³/mol. The van der Waals surface area contributed by atoms with Crippen LogP contribution in [0.3, 0.4) is 0 Å². The first-order valence-corrected chi connectivity index (χ1v) is 2.26. The van der Waals surface area contributed by atoms with Gasteiger partial charge in [0.2, 0.25) is 6.20 Å². The highest BCUT2D eigenvalue weighted by Crippen LogP contribution is 1.96. The van der Waals surface area contributed by atoms with Crippen LogP contribution in [0.15, 0.2) is 11.6 Å². The van der Waals surface area contributed by atoms with Crippen LogP contribution in [0.2, 0.25) is 0 Å². The van der Waals surface area contributed by atoms with E-state index in [0.717, 1.165) is 0 Å². The molecule has 0 N–H and O–H groups in total. The van der Waals surface area contributed by atoms with Gasteiger partial charge in [0.1, 0.15) is 0 Å². The first kappa shape index (κ1) is 6.05. The minimum absolute atomic E-state index is 0. The highest BCUT2D eigenvalue weighted by Gasteiger charge is 1.90. The molecule has 1 aliphatic heterocycles. The Morgan fingerprint density at radius 2 is 2.33 bits per heavy atom. The molecular formula is C3H3ClNS. The Balaban J connectivity index is 0.000000250. The lowest BCUT2D eigenvalue weighted by Crippen LogP contribution is -3.00. The zero-order chi connectivity index (χ0) is 3.54. The molecule has 0 aliphatic carbocycles. The number of halogens is 1. The highest BCUT2D eigenvalue weighted by atomic mass is 35.5. The average Bonchev–Trinajstić information content (AvgIpc) is 1.76. The molecule has 1 aliphatic rings. The molecule has 1 heterocycles. The van der Waals surface area contributed by atoms with Crippen LogP contribution in [0.4, 0.5) is 0 Å². The maximum Gasteiger partial charge on any atom is 0.280 e. The third kappa shape index (κ3) is 1.48. The summed E-state index contributed by atoms with van der Waals surface area (Å²) in [6.07, 6.45) is 1.77. The summed E-state index contributed by atoms with van der Waals surface area (Å²) >= 11 is 1.60. The van der Waals surface area contributed by atoms with E-state index < -0.39 is 0 Å². The van der Waals surface area contributed by atoms with E-state index in [-0.39, 0.29) is 12.4 Å². The first-order valence-electron chi connectivity index (χ1n) is 1.32. The van der Waals surface area contributed by atoms with Gasteiger partial charge in [-0.05, 0) is 11.8 Å². The van der Waals surface area contributed by atoms with Crippen molar-refractivity contribution in [2.45, 2.75) is 0 Å². The van der Waals surface area contributed by atoms with Crippen LogP contribution in [0.25, 0.3) is 0 Å². The lowest BCUT2D eigenvalue weighted by molar-refractivity contribution is -0.000000945. The Labute approximate surface area is 46.9 Å². The van der Waals surface area contributed by atoms with E-state index in [4.69, 9.17) is 0 Å². The molecule has 0 aromatic rings.